The van der Waals surface area contributed by atoms with Gasteiger partial charge in [-0.05, 0) is 48.5 Å². The second-order valence-corrected chi connectivity index (χ2v) is 8.15. The second-order valence-electron chi connectivity index (χ2n) is 8.15. The summed E-state index contributed by atoms with van der Waals surface area (Å²) in [6.45, 7) is 0. The Hall–Kier alpha value is -4.86. The first kappa shape index (κ1) is 27.2. The maximum Gasteiger partial charge on any atom is 0.673 e. The van der Waals surface area contributed by atoms with E-state index in [1.54, 1.807) is 43.5 Å². The van der Waals surface area contributed by atoms with E-state index < -0.39 is 13.2 Å². The maximum absolute atomic E-state index is 12.4. The van der Waals surface area contributed by atoms with Crippen molar-refractivity contribution in [1.82, 2.24) is 0 Å². The number of benzene rings is 4. The molecule has 5 rings (SSSR count). The molecule has 0 aliphatic rings. The molecule has 0 saturated heterocycles. The number of hydrogen-bond acceptors (Lipinski definition) is 4. The predicted octanol–water partition coefficient (Wildman–Crippen LogP) is 5.94. The monoisotopic (exact) mass is 535 g/mol. The van der Waals surface area contributed by atoms with Gasteiger partial charge < -0.3 is 31.2 Å². The summed E-state index contributed by atoms with van der Waals surface area (Å²) in [6.07, 6.45) is 0. The third-order valence-electron chi connectivity index (χ3n) is 5.40. The van der Waals surface area contributed by atoms with Crippen molar-refractivity contribution in [2.24, 2.45) is 0 Å². The van der Waals surface area contributed by atoms with Gasteiger partial charge in [-0.15, -0.1) is 0 Å². The summed E-state index contributed by atoms with van der Waals surface area (Å²) < 4.78 is 55.8. The van der Waals surface area contributed by atoms with Crippen LogP contribution in [0.5, 0.6) is 11.5 Å². The second kappa shape index (κ2) is 12.1. The van der Waals surface area contributed by atoms with Gasteiger partial charge in [-0.3, -0.25) is 0 Å². The summed E-state index contributed by atoms with van der Waals surface area (Å²) in [5.74, 6) is 1.49. The van der Waals surface area contributed by atoms with Crippen molar-refractivity contribution < 1.29 is 40.9 Å². The molecule has 1 aromatic heterocycles. The van der Waals surface area contributed by atoms with Crippen LogP contribution in [0.2, 0.25) is 0 Å². The van der Waals surface area contributed by atoms with Crippen molar-refractivity contribution in [2.45, 2.75) is 0 Å². The SMILES string of the molecule is COc1ccc(C(=O)Oc2ccc([NH+]=c3cc(-c4ccccc4)oc4ccccc34)cc2)cc1.F[B-](F)(F)F. The Kier molecular flexibility index (Phi) is 8.45. The molecule has 0 bridgehead atoms. The van der Waals surface area contributed by atoms with Crippen molar-refractivity contribution in [3.8, 4) is 22.8 Å². The number of methoxy groups -OCH3 is 1. The van der Waals surface area contributed by atoms with E-state index in [2.05, 4.69) is 4.99 Å². The van der Waals surface area contributed by atoms with E-state index in [4.69, 9.17) is 13.9 Å². The van der Waals surface area contributed by atoms with E-state index in [0.29, 0.717) is 17.1 Å². The molecular weight excluding hydrogens is 513 g/mol. The highest BCUT2D eigenvalue weighted by Crippen LogP contribution is 2.21. The molecule has 0 unspecified atom stereocenters. The van der Waals surface area contributed by atoms with E-state index in [0.717, 1.165) is 33.3 Å². The zero-order valence-corrected chi connectivity index (χ0v) is 20.6. The molecule has 1 heterocycles. The quantitative estimate of drug-likeness (QED) is 0.131. The molecule has 0 atom stereocenters. The van der Waals surface area contributed by atoms with Gasteiger partial charge in [0.05, 0.1) is 24.1 Å². The van der Waals surface area contributed by atoms with Gasteiger partial charge in [-0.2, -0.15) is 0 Å². The van der Waals surface area contributed by atoms with Crippen LogP contribution < -0.4 is 19.8 Å². The van der Waals surface area contributed by atoms with Gasteiger partial charge in [-0.25, -0.2) is 9.79 Å². The third-order valence-corrected chi connectivity index (χ3v) is 5.40. The molecule has 0 amide bonds. The summed E-state index contributed by atoms with van der Waals surface area (Å²) in [6, 6.07) is 33.9. The number of hydrogen-bond donors (Lipinski definition) is 1. The summed E-state index contributed by atoms with van der Waals surface area (Å²) in [5.41, 5.74) is 3.10. The van der Waals surface area contributed by atoms with Crippen LogP contribution >= 0.6 is 0 Å². The Labute approximate surface area is 221 Å². The van der Waals surface area contributed by atoms with Gasteiger partial charge in [0.25, 0.3) is 0 Å². The lowest BCUT2D eigenvalue weighted by Gasteiger charge is -2.05. The van der Waals surface area contributed by atoms with Crippen molar-refractivity contribution in [1.29, 1.82) is 0 Å². The highest BCUT2D eigenvalue weighted by atomic mass is 19.5. The maximum atomic E-state index is 12.4. The van der Waals surface area contributed by atoms with Crippen molar-refractivity contribution in [3.05, 3.63) is 120 Å². The van der Waals surface area contributed by atoms with Gasteiger partial charge in [0.1, 0.15) is 22.8 Å². The lowest BCUT2D eigenvalue weighted by Crippen LogP contribution is -2.70. The number of rotatable bonds is 5. The van der Waals surface area contributed by atoms with Crippen LogP contribution in [-0.2, 0) is 0 Å². The largest absolute Gasteiger partial charge is 0.673 e. The lowest BCUT2D eigenvalue weighted by atomic mass is 10.1. The molecule has 39 heavy (non-hydrogen) atoms. The number of ether oxygens (including phenoxy) is 2. The molecule has 0 radical (unpaired) electrons. The number of halogens is 4. The number of carbonyl (C=O) groups is 1. The number of para-hydroxylation sites is 1. The van der Waals surface area contributed by atoms with Crippen LogP contribution in [0, 0.1) is 0 Å². The summed E-state index contributed by atoms with van der Waals surface area (Å²) in [7, 11) is -4.42. The van der Waals surface area contributed by atoms with Crippen LogP contribution in [0.4, 0.5) is 23.0 Å². The number of nitrogens with one attached hydrogen (secondary N) is 1. The first-order valence-electron chi connectivity index (χ1n) is 11.7. The Morgan fingerprint density at radius 3 is 2.00 bits per heavy atom. The highest BCUT2D eigenvalue weighted by molar-refractivity contribution is 6.50. The van der Waals surface area contributed by atoms with Crippen LogP contribution in [-0.4, -0.2) is 20.3 Å². The molecule has 1 N–H and O–H groups in total. The zero-order chi connectivity index (χ0) is 27.8. The molecule has 0 spiro atoms. The minimum Gasteiger partial charge on any atom is -0.497 e. The van der Waals surface area contributed by atoms with Gasteiger partial charge in [0, 0.05) is 17.7 Å². The molecule has 0 fully saturated rings. The topological polar surface area (TPSA) is 62.6 Å². The van der Waals surface area contributed by atoms with E-state index in [1.165, 1.54) is 0 Å². The Bertz CT molecular complexity index is 1610. The fourth-order valence-corrected chi connectivity index (χ4v) is 3.64. The van der Waals surface area contributed by atoms with Gasteiger partial charge >= 0.3 is 13.2 Å². The molecule has 0 saturated carbocycles. The van der Waals surface area contributed by atoms with Crippen molar-refractivity contribution >= 4 is 29.9 Å². The van der Waals surface area contributed by atoms with E-state index >= 15 is 0 Å². The molecular formula is C29H22BF4NO4. The van der Waals surface area contributed by atoms with E-state index in [-0.39, 0.29) is 0 Å². The lowest BCUT2D eigenvalue weighted by molar-refractivity contribution is -0.400. The molecule has 198 valence electrons. The summed E-state index contributed by atoms with van der Waals surface area (Å²) in [5, 5.41) is 1.89. The predicted molar refractivity (Wildman–Crippen MR) is 140 cm³/mol. The van der Waals surface area contributed by atoms with Gasteiger partial charge in [0.2, 0.25) is 11.0 Å². The minimum absolute atomic E-state index is 0.425. The fraction of sp³-hybridized carbons (Fsp3) is 0.0345. The Morgan fingerprint density at radius 2 is 1.36 bits per heavy atom. The first-order valence-corrected chi connectivity index (χ1v) is 11.7. The van der Waals surface area contributed by atoms with Crippen LogP contribution in [0.3, 0.4) is 0 Å². The number of esters is 1. The van der Waals surface area contributed by atoms with E-state index in [1.807, 2.05) is 72.8 Å². The molecule has 5 nitrogen and oxygen atoms in total. The van der Waals surface area contributed by atoms with Crippen LogP contribution in [0.15, 0.2) is 114 Å². The smallest absolute Gasteiger partial charge is 0.497 e. The van der Waals surface area contributed by atoms with Crippen LogP contribution in [0.1, 0.15) is 10.4 Å². The van der Waals surface area contributed by atoms with Gasteiger partial charge in [0.15, 0.2) is 0 Å². The molecule has 10 heteroatoms. The average Bonchev–Trinajstić information content (AvgIpc) is 2.93. The third kappa shape index (κ3) is 7.81. The summed E-state index contributed by atoms with van der Waals surface area (Å²) in [4.78, 5) is 15.9. The number of fused-ring (bicyclic) bond motifs is 1. The molecule has 4 aromatic carbocycles. The first-order chi connectivity index (χ1) is 18.7. The Balaban J connectivity index is 0.000000648. The number of carbonyl (C=O) groups excluding carboxylic acids is 1. The molecule has 0 aliphatic heterocycles. The van der Waals surface area contributed by atoms with Crippen LogP contribution in [0.25, 0.3) is 22.3 Å². The Morgan fingerprint density at radius 1 is 0.769 bits per heavy atom. The van der Waals surface area contributed by atoms with Gasteiger partial charge in [-0.1, -0.05) is 42.5 Å². The average molecular weight is 535 g/mol. The normalized spacial score (nSPS) is 11.5. The minimum atomic E-state index is -6.00. The fourth-order valence-electron chi connectivity index (χ4n) is 3.64. The molecule has 5 aromatic rings. The van der Waals surface area contributed by atoms with E-state index in [9.17, 15) is 22.1 Å². The highest BCUT2D eigenvalue weighted by Gasteiger charge is 2.20. The molecule has 0 aliphatic carbocycles. The zero-order valence-electron chi connectivity index (χ0n) is 20.6. The van der Waals surface area contributed by atoms with Crippen molar-refractivity contribution in [2.75, 3.05) is 7.11 Å². The summed E-state index contributed by atoms with van der Waals surface area (Å²) >= 11 is 0. The standard InChI is InChI=1S/C29H21NO4.BF4/c1-32-23-15-11-21(12-16-23)29(31)33-24-17-13-22(14-18-24)30-26-19-28(20-7-3-2-4-8-20)34-27-10-6-5-9-25(26)27;2-1(3,4)5/h2-19H,1H3;/q;-1/p+1. The van der Waals surface area contributed by atoms with Crippen molar-refractivity contribution in [3.63, 3.8) is 0 Å².